The average molecular weight is 431 g/mol. The Hall–Kier alpha value is -2.36. The van der Waals surface area contributed by atoms with Crippen molar-refractivity contribution in [3.63, 3.8) is 0 Å². The minimum atomic E-state index is -2.97. The number of methoxy groups -OCH3 is 1. The lowest BCUT2D eigenvalue weighted by Crippen LogP contribution is -2.35. The van der Waals surface area contributed by atoms with Crippen LogP contribution in [0.3, 0.4) is 0 Å². The van der Waals surface area contributed by atoms with E-state index in [1.807, 2.05) is 29.6 Å². The van der Waals surface area contributed by atoms with E-state index < -0.39 is 9.84 Å². The number of thiazole rings is 1. The molecule has 1 aromatic carbocycles. The van der Waals surface area contributed by atoms with E-state index in [4.69, 9.17) is 4.74 Å². The maximum Gasteiger partial charge on any atom is 0.188 e. The highest BCUT2D eigenvalue weighted by molar-refractivity contribution is 7.91. The summed E-state index contributed by atoms with van der Waals surface area (Å²) in [6.07, 6.45) is 4.04. The molecule has 7 nitrogen and oxygen atoms in total. The van der Waals surface area contributed by atoms with Crippen LogP contribution in [0, 0.1) is 0 Å². The van der Waals surface area contributed by atoms with Crippen molar-refractivity contribution in [2.24, 2.45) is 0 Å². The lowest BCUT2D eigenvalue weighted by molar-refractivity contribution is 0.192. The van der Waals surface area contributed by atoms with Crippen molar-refractivity contribution >= 4 is 21.2 Å². The summed E-state index contributed by atoms with van der Waals surface area (Å²) in [6.45, 7) is 1.23. The monoisotopic (exact) mass is 430 g/mol. The van der Waals surface area contributed by atoms with Gasteiger partial charge in [-0.3, -0.25) is 4.90 Å². The fraction of sp³-hybridized carbons (Fsp3) is 0.350. The van der Waals surface area contributed by atoms with Gasteiger partial charge in [-0.2, -0.15) is 0 Å². The first-order valence-corrected chi connectivity index (χ1v) is 12.0. The van der Waals surface area contributed by atoms with Crippen LogP contribution in [0.4, 0.5) is 0 Å². The summed E-state index contributed by atoms with van der Waals surface area (Å²) in [6, 6.07) is 9.63. The Morgan fingerprint density at radius 2 is 1.93 bits per heavy atom. The fourth-order valence-corrected chi connectivity index (χ4v) is 5.96. The predicted molar refractivity (Wildman–Crippen MR) is 112 cm³/mol. The van der Waals surface area contributed by atoms with Crippen molar-refractivity contribution in [3.8, 4) is 16.6 Å². The molecule has 0 spiro atoms. The summed E-state index contributed by atoms with van der Waals surface area (Å²) in [7, 11) is -1.33. The van der Waals surface area contributed by atoms with Crippen LogP contribution in [0.25, 0.3) is 10.8 Å². The molecule has 29 heavy (non-hydrogen) atoms. The SMILES string of the molecule is COc1ccc(CN(Cc2csc(-c3ncccn3)n2)C2CCS(=O)(=O)C2)cc1. The van der Waals surface area contributed by atoms with E-state index >= 15 is 0 Å². The van der Waals surface area contributed by atoms with E-state index in [1.54, 1.807) is 25.6 Å². The van der Waals surface area contributed by atoms with Gasteiger partial charge in [-0.25, -0.2) is 23.4 Å². The third-order valence-electron chi connectivity index (χ3n) is 4.94. The van der Waals surface area contributed by atoms with Crippen molar-refractivity contribution in [1.82, 2.24) is 19.9 Å². The fourth-order valence-electron chi connectivity index (χ4n) is 3.44. The smallest absolute Gasteiger partial charge is 0.188 e. The topological polar surface area (TPSA) is 85.3 Å². The quantitative estimate of drug-likeness (QED) is 0.570. The second-order valence-corrected chi connectivity index (χ2v) is 10.1. The van der Waals surface area contributed by atoms with Crippen molar-refractivity contribution in [2.75, 3.05) is 18.6 Å². The molecule has 0 bridgehead atoms. The molecule has 1 aliphatic rings. The van der Waals surface area contributed by atoms with E-state index in [9.17, 15) is 8.42 Å². The van der Waals surface area contributed by atoms with Gasteiger partial charge in [-0.05, 0) is 30.2 Å². The number of nitrogens with zero attached hydrogens (tertiary/aromatic N) is 4. The lowest BCUT2D eigenvalue weighted by atomic mass is 10.1. The summed E-state index contributed by atoms with van der Waals surface area (Å²) in [5, 5.41) is 2.76. The summed E-state index contributed by atoms with van der Waals surface area (Å²) in [4.78, 5) is 15.4. The molecule has 0 saturated carbocycles. The Balaban J connectivity index is 1.54. The van der Waals surface area contributed by atoms with E-state index in [2.05, 4.69) is 19.9 Å². The van der Waals surface area contributed by atoms with Crippen LogP contribution in [-0.4, -0.2) is 52.9 Å². The molecule has 2 aromatic heterocycles. The normalized spacial score (nSPS) is 18.2. The Morgan fingerprint density at radius 3 is 2.59 bits per heavy atom. The zero-order chi connectivity index (χ0) is 20.3. The van der Waals surface area contributed by atoms with E-state index in [1.165, 1.54) is 11.3 Å². The minimum absolute atomic E-state index is 0.0137. The highest BCUT2D eigenvalue weighted by atomic mass is 32.2. The highest BCUT2D eigenvalue weighted by Gasteiger charge is 2.32. The number of sulfone groups is 1. The minimum Gasteiger partial charge on any atom is -0.497 e. The second kappa shape index (κ2) is 8.56. The summed E-state index contributed by atoms with van der Waals surface area (Å²) >= 11 is 1.50. The van der Waals surface area contributed by atoms with Gasteiger partial charge in [0.15, 0.2) is 20.7 Å². The molecule has 1 fully saturated rings. The van der Waals surface area contributed by atoms with Gasteiger partial charge in [0.2, 0.25) is 0 Å². The Kier molecular flexibility index (Phi) is 5.89. The first-order valence-electron chi connectivity index (χ1n) is 9.31. The molecule has 0 amide bonds. The van der Waals surface area contributed by atoms with Gasteiger partial charge in [-0.15, -0.1) is 11.3 Å². The number of benzene rings is 1. The van der Waals surface area contributed by atoms with Crippen LogP contribution >= 0.6 is 11.3 Å². The molecule has 3 heterocycles. The van der Waals surface area contributed by atoms with Crippen LogP contribution in [0.5, 0.6) is 5.75 Å². The molecule has 1 saturated heterocycles. The van der Waals surface area contributed by atoms with Crippen LogP contribution in [0.15, 0.2) is 48.1 Å². The average Bonchev–Trinajstić information content (AvgIpc) is 3.35. The summed E-state index contributed by atoms with van der Waals surface area (Å²) in [5.74, 6) is 1.85. The number of rotatable bonds is 7. The largest absolute Gasteiger partial charge is 0.497 e. The molecule has 152 valence electrons. The number of ether oxygens (including phenoxy) is 1. The summed E-state index contributed by atoms with van der Waals surface area (Å²) in [5.41, 5.74) is 2.01. The molecule has 0 N–H and O–H groups in total. The highest BCUT2D eigenvalue weighted by Crippen LogP contribution is 2.25. The molecular weight excluding hydrogens is 408 g/mol. The van der Waals surface area contributed by atoms with E-state index in [0.29, 0.717) is 25.3 Å². The van der Waals surface area contributed by atoms with Gasteiger partial charge in [-0.1, -0.05) is 12.1 Å². The molecule has 3 aromatic rings. The summed E-state index contributed by atoms with van der Waals surface area (Å²) < 4.78 is 29.3. The number of aromatic nitrogens is 3. The van der Waals surface area contributed by atoms with Crippen LogP contribution in [-0.2, 0) is 22.9 Å². The van der Waals surface area contributed by atoms with Crippen LogP contribution in [0.1, 0.15) is 17.7 Å². The molecule has 9 heteroatoms. The van der Waals surface area contributed by atoms with Gasteiger partial charge in [0, 0.05) is 36.9 Å². The zero-order valence-corrected chi connectivity index (χ0v) is 17.7. The van der Waals surface area contributed by atoms with Crippen molar-refractivity contribution < 1.29 is 13.2 Å². The lowest BCUT2D eigenvalue weighted by Gasteiger charge is -2.27. The maximum absolute atomic E-state index is 12.0. The maximum atomic E-state index is 12.0. The van der Waals surface area contributed by atoms with Gasteiger partial charge in [0.1, 0.15) is 5.75 Å². The van der Waals surface area contributed by atoms with Crippen molar-refractivity contribution in [3.05, 3.63) is 59.4 Å². The first-order chi connectivity index (χ1) is 14.0. The van der Waals surface area contributed by atoms with Gasteiger partial charge in [0.05, 0.1) is 24.3 Å². The molecule has 4 rings (SSSR count). The van der Waals surface area contributed by atoms with Crippen molar-refractivity contribution in [1.29, 1.82) is 0 Å². The first kappa shape index (κ1) is 19.9. The van der Waals surface area contributed by atoms with Gasteiger partial charge < -0.3 is 4.74 Å². The molecule has 1 atom stereocenters. The predicted octanol–water partition coefficient (Wildman–Crippen LogP) is 2.80. The Labute approximate surface area is 174 Å². The molecule has 0 radical (unpaired) electrons. The molecule has 1 aliphatic heterocycles. The van der Waals surface area contributed by atoms with Gasteiger partial charge >= 0.3 is 0 Å². The van der Waals surface area contributed by atoms with E-state index in [0.717, 1.165) is 22.0 Å². The van der Waals surface area contributed by atoms with Crippen LogP contribution in [0.2, 0.25) is 0 Å². The Bertz CT molecular complexity index is 1050. The van der Waals surface area contributed by atoms with E-state index in [-0.39, 0.29) is 17.5 Å². The molecule has 1 unspecified atom stereocenters. The third-order valence-corrected chi connectivity index (χ3v) is 7.58. The van der Waals surface area contributed by atoms with Crippen molar-refractivity contribution in [2.45, 2.75) is 25.6 Å². The zero-order valence-electron chi connectivity index (χ0n) is 16.1. The number of hydrogen-bond acceptors (Lipinski definition) is 8. The Morgan fingerprint density at radius 1 is 1.17 bits per heavy atom. The van der Waals surface area contributed by atoms with Gasteiger partial charge in [0.25, 0.3) is 0 Å². The second-order valence-electron chi connectivity index (χ2n) is 7.03. The van der Waals surface area contributed by atoms with Crippen LogP contribution < -0.4 is 4.74 Å². The standard InChI is InChI=1S/C20H22N4O3S2/c1-27-18-5-3-15(4-6-18)11-24(17-7-10-29(25,26)14-17)12-16-13-28-20(23-16)19-21-8-2-9-22-19/h2-6,8-9,13,17H,7,10-12,14H2,1H3. The molecular formula is C20H22N4O3S2. The molecule has 0 aliphatic carbocycles. The third kappa shape index (κ3) is 4.98. The number of hydrogen-bond donors (Lipinski definition) is 0.